The highest BCUT2D eigenvalue weighted by Crippen LogP contribution is 2.33. The SMILES string of the molecule is COc1ccc(OC)c(NC(=O)c2cc(S(=O)(=O)N3CCc4ccccc43)cn2C)c1. The van der Waals surface area contributed by atoms with Crippen LogP contribution in [0, 0.1) is 0 Å². The Bertz CT molecular complexity index is 1250. The molecule has 31 heavy (non-hydrogen) atoms. The summed E-state index contributed by atoms with van der Waals surface area (Å²) < 4.78 is 39.9. The molecule has 0 bridgehead atoms. The molecule has 0 unspecified atom stereocenters. The number of hydrogen-bond donors (Lipinski definition) is 1. The van der Waals surface area contributed by atoms with Crippen molar-refractivity contribution >= 4 is 27.3 Å². The highest BCUT2D eigenvalue weighted by Gasteiger charge is 2.32. The summed E-state index contributed by atoms with van der Waals surface area (Å²) in [5.41, 5.74) is 2.30. The monoisotopic (exact) mass is 441 g/mol. The van der Waals surface area contributed by atoms with Crippen molar-refractivity contribution in [2.75, 3.05) is 30.4 Å². The fourth-order valence-corrected chi connectivity index (χ4v) is 5.26. The molecule has 1 N–H and O–H groups in total. The number of anilines is 2. The number of sulfonamides is 1. The van der Waals surface area contributed by atoms with Gasteiger partial charge in [0.1, 0.15) is 22.1 Å². The second kappa shape index (κ2) is 7.99. The first kappa shape index (κ1) is 20.8. The molecule has 0 fully saturated rings. The number of aryl methyl sites for hydroxylation is 1. The van der Waals surface area contributed by atoms with Crippen LogP contribution in [0.15, 0.2) is 59.6 Å². The van der Waals surface area contributed by atoms with Gasteiger partial charge in [0, 0.05) is 25.9 Å². The first-order valence-corrected chi connectivity index (χ1v) is 11.1. The van der Waals surface area contributed by atoms with E-state index in [-0.39, 0.29) is 10.6 Å². The summed E-state index contributed by atoms with van der Waals surface area (Å²) in [6.45, 7) is 0.374. The maximum atomic E-state index is 13.3. The zero-order chi connectivity index (χ0) is 22.2. The Morgan fingerprint density at radius 3 is 2.58 bits per heavy atom. The van der Waals surface area contributed by atoms with Crippen LogP contribution in [0.5, 0.6) is 11.5 Å². The van der Waals surface area contributed by atoms with E-state index in [9.17, 15) is 13.2 Å². The first-order chi connectivity index (χ1) is 14.8. The molecule has 2 heterocycles. The van der Waals surface area contributed by atoms with Gasteiger partial charge < -0.3 is 19.4 Å². The number of rotatable bonds is 6. The minimum Gasteiger partial charge on any atom is -0.497 e. The third kappa shape index (κ3) is 3.72. The van der Waals surface area contributed by atoms with E-state index in [0.29, 0.717) is 35.8 Å². The molecule has 3 aromatic rings. The number of ether oxygens (including phenoxy) is 2. The molecule has 0 saturated heterocycles. The number of nitrogens with zero attached hydrogens (tertiary/aromatic N) is 2. The van der Waals surface area contributed by atoms with E-state index in [1.807, 2.05) is 18.2 Å². The molecule has 1 aliphatic heterocycles. The van der Waals surface area contributed by atoms with E-state index in [4.69, 9.17) is 9.47 Å². The van der Waals surface area contributed by atoms with E-state index in [2.05, 4.69) is 5.32 Å². The van der Waals surface area contributed by atoms with E-state index < -0.39 is 15.9 Å². The summed E-state index contributed by atoms with van der Waals surface area (Å²) in [5.74, 6) is 0.557. The first-order valence-electron chi connectivity index (χ1n) is 9.65. The standard InChI is InChI=1S/C22H23N3O5S/c1-24-14-17(31(27,28)25-11-10-15-6-4-5-7-19(15)25)13-20(24)22(26)23-18-12-16(29-2)8-9-21(18)30-3/h4-9,12-14H,10-11H2,1-3H3,(H,23,26). The van der Waals surface area contributed by atoms with Crippen LogP contribution in [0.2, 0.25) is 0 Å². The van der Waals surface area contributed by atoms with Gasteiger partial charge in [-0.25, -0.2) is 8.42 Å². The van der Waals surface area contributed by atoms with E-state index in [1.165, 1.54) is 35.4 Å². The van der Waals surface area contributed by atoms with Gasteiger partial charge in [-0.15, -0.1) is 0 Å². The fraction of sp³-hybridized carbons (Fsp3) is 0.227. The van der Waals surface area contributed by atoms with Gasteiger partial charge in [0.25, 0.3) is 15.9 Å². The molecular weight excluding hydrogens is 418 g/mol. The number of amides is 1. The number of hydrogen-bond acceptors (Lipinski definition) is 5. The second-order valence-electron chi connectivity index (χ2n) is 7.15. The largest absolute Gasteiger partial charge is 0.497 e. The van der Waals surface area contributed by atoms with Crippen molar-refractivity contribution in [3.05, 3.63) is 66.0 Å². The van der Waals surface area contributed by atoms with Crippen molar-refractivity contribution in [2.45, 2.75) is 11.3 Å². The summed E-state index contributed by atoms with van der Waals surface area (Å²) in [6.07, 6.45) is 2.11. The van der Waals surface area contributed by atoms with Gasteiger partial charge in [-0.3, -0.25) is 9.10 Å². The number of carbonyl (C=O) groups is 1. The Kier molecular flexibility index (Phi) is 5.36. The molecule has 0 spiro atoms. The Morgan fingerprint density at radius 1 is 1.06 bits per heavy atom. The Balaban J connectivity index is 1.63. The van der Waals surface area contributed by atoms with Gasteiger partial charge in [0.15, 0.2) is 0 Å². The molecule has 1 aliphatic rings. The van der Waals surface area contributed by atoms with Gasteiger partial charge >= 0.3 is 0 Å². The molecule has 0 saturated carbocycles. The van der Waals surface area contributed by atoms with Crippen LogP contribution >= 0.6 is 0 Å². The van der Waals surface area contributed by atoms with Crippen molar-refractivity contribution in [1.82, 2.24) is 4.57 Å². The van der Waals surface area contributed by atoms with Crippen LogP contribution < -0.4 is 19.1 Å². The molecule has 0 aliphatic carbocycles. The molecular formula is C22H23N3O5S. The summed E-state index contributed by atoms with van der Waals surface area (Å²) in [4.78, 5) is 13.0. The van der Waals surface area contributed by atoms with Crippen molar-refractivity contribution in [3.8, 4) is 11.5 Å². The van der Waals surface area contributed by atoms with Gasteiger partial charge in [0.2, 0.25) is 0 Å². The Hall–Kier alpha value is -3.46. The number of para-hydroxylation sites is 1. The predicted octanol–water partition coefficient (Wildman–Crippen LogP) is 3.05. The summed E-state index contributed by atoms with van der Waals surface area (Å²) >= 11 is 0. The number of methoxy groups -OCH3 is 2. The van der Waals surface area contributed by atoms with Crippen LogP contribution in [-0.4, -0.2) is 39.7 Å². The quantitative estimate of drug-likeness (QED) is 0.635. The lowest BCUT2D eigenvalue weighted by atomic mass is 10.2. The van der Waals surface area contributed by atoms with Crippen molar-refractivity contribution in [2.24, 2.45) is 7.05 Å². The van der Waals surface area contributed by atoms with Crippen LogP contribution in [0.4, 0.5) is 11.4 Å². The molecule has 0 atom stereocenters. The van der Waals surface area contributed by atoms with E-state index >= 15 is 0 Å². The third-order valence-electron chi connectivity index (χ3n) is 5.30. The second-order valence-corrected chi connectivity index (χ2v) is 9.01. The normalized spacial score (nSPS) is 13.1. The molecule has 8 nitrogen and oxygen atoms in total. The number of carbonyl (C=O) groups excluding carboxylic acids is 1. The predicted molar refractivity (Wildman–Crippen MR) is 118 cm³/mol. The fourth-order valence-electron chi connectivity index (χ4n) is 3.68. The average molecular weight is 442 g/mol. The smallest absolute Gasteiger partial charge is 0.272 e. The molecule has 162 valence electrons. The van der Waals surface area contributed by atoms with Crippen molar-refractivity contribution in [3.63, 3.8) is 0 Å². The van der Waals surface area contributed by atoms with Crippen LogP contribution in [0.3, 0.4) is 0 Å². The zero-order valence-electron chi connectivity index (χ0n) is 17.5. The average Bonchev–Trinajstić information content (AvgIpc) is 3.38. The summed E-state index contributed by atoms with van der Waals surface area (Å²) in [6, 6.07) is 13.9. The molecule has 1 amide bonds. The topological polar surface area (TPSA) is 89.9 Å². The summed E-state index contributed by atoms with van der Waals surface area (Å²) in [7, 11) is 0.862. The zero-order valence-corrected chi connectivity index (χ0v) is 18.3. The van der Waals surface area contributed by atoms with Crippen molar-refractivity contribution in [1.29, 1.82) is 0 Å². The van der Waals surface area contributed by atoms with Crippen LogP contribution in [-0.2, 0) is 23.5 Å². The molecule has 2 aromatic carbocycles. The van der Waals surface area contributed by atoms with Gasteiger partial charge in [0.05, 0.1) is 25.6 Å². The van der Waals surface area contributed by atoms with Gasteiger partial charge in [-0.1, -0.05) is 18.2 Å². The highest BCUT2D eigenvalue weighted by molar-refractivity contribution is 7.92. The number of benzene rings is 2. The lowest BCUT2D eigenvalue weighted by Gasteiger charge is -2.18. The molecule has 0 radical (unpaired) electrons. The lowest BCUT2D eigenvalue weighted by molar-refractivity contribution is 0.101. The third-order valence-corrected chi connectivity index (χ3v) is 7.08. The molecule has 1 aromatic heterocycles. The van der Waals surface area contributed by atoms with Crippen LogP contribution in [0.1, 0.15) is 16.1 Å². The summed E-state index contributed by atoms with van der Waals surface area (Å²) in [5, 5.41) is 2.77. The van der Waals surface area contributed by atoms with Crippen molar-refractivity contribution < 1.29 is 22.7 Å². The molecule has 9 heteroatoms. The minimum atomic E-state index is -3.80. The minimum absolute atomic E-state index is 0.0643. The van der Waals surface area contributed by atoms with Gasteiger partial charge in [-0.2, -0.15) is 0 Å². The lowest BCUT2D eigenvalue weighted by Crippen LogP contribution is -2.28. The van der Waals surface area contributed by atoms with Crippen LogP contribution in [0.25, 0.3) is 0 Å². The number of fused-ring (bicyclic) bond motifs is 1. The maximum Gasteiger partial charge on any atom is 0.272 e. The van der Waals surface area contributed by atoms with E-state index in [1.54, 1.807) is 31.3 Å². The number of nitrogens with one attached hydrogen (secondary N) is 1. The maximum absolute atomic E-state index is 13.3. The van der Waals surface area contributed by atoms with E-state index in [0.717, 1.165) is 5.56 Å². The Labute approximate surface area is 181 Å². The highest BCUT2D eigenvalue weighted by atomic mass is 32.2. The van der Waals surface area contributed by atoms with Gasteiger partial charge in [-0.05, 0) is 36.2 Å². The molecule has 4 rings (SSSR count). The Morgan fingerprint density at radius 2 is 1.84 bits per heavy atom. The number of aromatic nitrogens is 1.